The van der Waals surface area contributed by atoms with E-state index in [2.05, 4.69) is 32.0 Å². The lowest BCUT2D eigenvalue weighted by Gasteiger charge is -2.09. The van der Waals surface area contributed by atoms with E-state index >= 15 is 0 Å². The smallest absolute Gasteiger partial charge is 0.0280 e. The second-order valence-corrected chi connectivity index (χ2v) is 4.33. The molecular weight excluding hydrogens is 192 g/mol. The molecule has 0 nitrogen and oxygen atoms in total. The zero-order chi connectivity index (χ0) is 14.2. The fourth-order valence-electron chi connectivity index (χ4n) is 1.90. The molecular formula is C16H18. The molecule has 0 atom stereocenters. The van der Waals surface area contributed by atoms with E-state index in [1.165, 1.54) is 11.1 Å². The molecule has 82 valence electrons. The van der Waals surface area contributed by atoms with Gasteiger partial charge in [0.1, 0.15) is 0 Å². The van der Waals surface area contributed by atoms with Gasteiger partial charge in [-0.3, -0.25) is 0 Å². The van der Waals surface area contributed by atoms with Gasteiger partial charge in [-0.2, -0.15) is 0 Å². The fourth-order valence-corrected chi connectivity index (χ4v) is 1.90. The van der Waals surface area contributed by atoms with E-state index in [-0.39, 0.29) is 0 Å². The van der Waals surface area contributed by atoms with E-state index in [1.54, 1.807) is 12.1 Å². The molecule has 0 heteroatoms. The van der Waals surface area contributed by atoms with Gasteiger partial charge >= 0.3 is 0 Å². The van der Waals surface area contributed by atoms with Crippen LogP contribution in [0.4, 0.5) is 0 Å². The molecule has 0 amide bonds. The zero-order valence-corrected chi connectivity index (χ0v) is 9.96. The Balaban J connectivity index is 2.49. The largest absolute Gasteiger partial charge is 0.0587 e. The number of hydrogen-bond acceptors (Lipinski definition) is 0. The Morgan fingerprint density at radius 3 is 2.25 bits per heavy atom. The number of aryl methyl sites for hydroxylation is 4. The van der Waals surface area contributed by atoms with Gasteiger partial charge in [0.05, 0.1) is 0 Å². The van der Waals surface area contributed by atoms with Gasteiger partial charge in [-0.15, -0.1) is 0 Å². The van der Waals surface area contributed by atoms with Crippen molar-refractivity contribution in [2.45, 2.75) is 27.6 Å². The van der Waals surface area contributed by atoms with Crippen molar-refractivity contribution in [2.75, 3.05) is 0 Å². The summed E-state index contributed by atoms with van der Waals surface area (Å²) in [5.41, 5.74) is 6.14. The van der Waals surface area contributed by atoms with Crippen molar-refractivity contribution in [2.24, 2.45) is 0 Å². The minimum absolute atomic E-state index is 0.401. The maximum atomic E-state index is 7.44. The molecule has 0 saturated carbocycles. The van der Waals surface area contributed by atoms with Crippen LogP contribution in [0.2, 0.25) is 0 Å². The van der Waals surface area contributed by atoms with Crippen molar-refractivity contribution in [1.29, 1.82) is 0 Å². The Morgan fingerprint density at radius 1 is 0.812 bits per heavy atom. The van der Waals surface area contributed by atoms with Crippen molar-refractivity contribution < 1.29 is 4.11 Å². The van der Waals surface area contributed by atoms with Gasteiger partial charge in [-0.25, -0.2) is 0 Å². The zero-order valence-electron chi connectivity index (χ0n) is 13.0. The van der Waals surface area contributed by atoms with Crippen molar-refractivity contribution in [3.05, 3.63) is 58.7 Å². The van der Waals surface area contributed by atoms with Crippen LogP contribution >= 0.6 is 0 Å². The molecule has 0 aromatic heterocycles. The van der Waals surface area contributed by atoms with Crippen molar-refractivity contribution in [3.8, 4) is 11.1 Å². The SMILES string of the molecule is [2H]C([2H])([2H])c1ccc(-c2ccc(C)c(C)c2)c(C)c1. The first-order chi connectivity index (χ1) is 8.79. The molecule has 0 fully saturated rings. The van der Waals surface area contributed by atoms with E-state index in [4.69, 9.17) is 4.11 Å². The van der Waals surface area contributed by atoms with Crippen LogP contribution in [0, 0.1) is 27.6 Å². The van der Waals surface area contributed by atoms with Gasteiger partial charge in [-0.05, 0) is 55.4 Å². The van der Waals surface area contributed by atoms with Crippen LogP contribution in [0.1, 0.15) is 26.4 Å². The summed E-state index contributed by atoms with van der Waals surface area (Å²) >= 11 is 0. The first-order valence-corrected chi connectivity index (χ1v) is 5.48. The first kappa shape index (κ1) is 7.67. The predicted octanol–water partition coefficient (Wildman–Crippen LogP) is 4.59. The summed E-state index contributed by atoms with van der Waals surface area (Å²) in [5, 5.41) is 0. The van der Waals surface area contributed by atoms with E-state index < -0.39 is 6.85 Å². The highest BCUT2D eigenvalue weighted by Crippen LogP contribution is 2.25. The third-order valence-electron chi connectivity index (χ3n) is 3.04. The molecule has 2 aromatic rings. The third kappa shape index (κ3) is 2.01. The molecule has 0 bridgehead atoms. The summed E-state index contributed by atoms with van der Waals surface area (Å²) in [5.74, 6) is 0. The Morgan fingerprint density at radius 2 is 1.62 bits per heavy atom. The van der Waals surface area contributed by atoms with Crippen LogP contribution < -0.4 is 0 Å². The summed E-state index contributed by atoms with van der Waals surface area (Å²) in [6, 6.07) is 11.7. The second kappa shape index (κ2) is 4.13. The number of benzene rings is 2. The Kier molecular flexibility index (Phi) is 1.98. The minimum atomic E-state index is -2.04. The molecule has 0 aliphatic heterocycles. The lowest BCUT2D eigenvalue weighted by molar-refractivity contribution is 1.33. The highest BCUT2D eigenvalue weighted by Gasteiger charge is 2.03. The molecule has 16 heavy (non-hydrogen) atoms. The molecule has 0 unspecified atom stereocenters. The number of rotatable bonds is 1. The maximum Gasteiger partial charge on any atom is 0.0280 e. The minimum Gasteiger partial charge on any atom is -0.0587 e. The molecule has 0 heterocycles. The normalized spacial score (nSPS) is 14.1. The highest BCUT2D eigenvalue weighted by molar-refractivity contribution is 5.68. The lowest BCUT2D eigenvalue weighted by atomic mass is 9.96. The van der Waals surface area contributed by atoms with E-state index in [0.717, 1.165) is 16.7 Å². The molecule has 0 N–H and O–H groups in total. The second-order valence-electron chi connectivity index (χ2n) is 4.33. The molecule has 0 saturated heterocycles. The molecule has 0 aliphatic rings. The average Bonchev–Trinajstić information content (AvgIpc) is 2.31. The van der Waals surface area contributed by atoms with E-state index in [1.807, 2.05) is 13.0 Å². The summed E-state index contributed by atoms with van der Waals surface area (Å²) in [6.45, 7) is 4.10. The molecule has 2 rings (SSSR count). The summed E-state index contributed by atoms with van der Waals surface area (Å²) in [7, 11) is 0. The summed E-state index contributed by atoms with van der Waals surface area (Å²) < 4.78 is 22.3. The molecule has 2 aromatic carbocycles. The van der Waals surface area contributed by atoms with Gasteiger partial charge in [0.15, 0.2) is 0 Å². The van der Waals surface area contributed by atoms with Crippen LogP contribution in [0.5, 0.6) is 0 Å². The van der Waals surface area contributed by atoms with Crippen molar-refractivity contribution in [1.82, 2.24) is 0 Å². The Labute approximate surface area is 102 Å². The highest BCUT2D eigenvalue weighted by atomic mass is 14.1. The van der Waals surface area contributed by atoms with Gasteiger partial charge in [-0.1, -0.05) is 42.0 Å². The molecule has 0 spiro atoms. The predicted molar refractivity (Wildman–Crippen MR) is 70.8 cm³/mol. The van der Waals surface area contributed by atoms with Crippen LogP contribution in [-0.2, 0) is 0 Å². The van der Waals surface area contributed by atoms with Gasteiger partial charge in [0.25, 0.3) is 0 Å². The Bertz CT molecular complexity index is 610. The summed E-state index contributed by atoms with van der Waals surface area (Å²) in [4.78, 5) is 0. The fraction of sp³-hybridized carbons (Fsp3) is 0.250. The average molecular weight is 213 g/mol. The topological polar surface area (TPSA) is 0 Å². The van der Waals surface area contributed by atoms with Crippen molar-refractivity contribution >= 4 is 0 Å². The van der Waals surface area contributed by atoms with E-state index in [9.17, 15) is 0 Å². The summed E-state index contributed by atoms with van der Waals surface area (Å²) in [6.07, 6.45) is 0. The third-order valence-corrected chi connectivity index (χ3v) is 3.04. The maximum absolute atomic E-state index is 7.44. The molecule has 0 radical (unpaired) electrons. The monoisotopic (exact) mass is 213 g/mol. The van der Waals surface area contributed by atoms with Crippen LogP contribution in [0.3, 0.4) is 0 Å². The lowest BCUT2D eigenvalue weighted by Crippen LogP contribution is -1.87. The molecule has 0 aliphatic carbocycles. The van der Waals surface area contributed by atoms with E-state index in [0.29, 0.717) is 5.56 Å². The van der Waals surface area contributed by atoms with Crippen molar-refractivity contribution in [3.63, 3.8) is 0 Å². The standard InChI is InChI=1S/C16H18/c1-11-5-8-16(14(4)9-11)15-7-6-12(2)13(3)10-15/h5-10H,1-4H3/i1D3. The quantitative estimate of drug-likeness (QED) is 0.650. The van der Waals surface area contributed by atoms with Crippen LogP contribution in [0.15, 0.2) is 36.4 Å². The Hall–Kier alpha value is -1.56. The van der Waals surface area contributed by atoms with Gasteiger partial charge in [0, 0.05) is 4.11 Å². The van der Waals surface area contributed by atoms with Crippen LogP contribution in [-0.4, -0.2) is 0 Å². The van der Waals surface area contributed by atoms with Gasteiger partial charge < -0.3 is 0 Å². The number of hydrogen-bond donors (Lipinski definition) is 0. The van der Waals surface area contributed by atoms with Crippen LogP contribution in [0.25, 0.3) is 11.1 Å². The first-order valence-electron chi connectivity index (χ1n) is 6.98. The van der Waals surface area contributed by atoms with Gasteiger partial charge in [0.2, 0.25) is 0 Å².